The molecule has 2 rings (SSSR count). The number of piperazine rings is 1. The zero-order valence-electron chi connectivity index (χ0n) is 8.95. The Balaban J connectivity index is 2.15. The van der Waals surface area contributed by atoms with Crippen LogP contribution in [0.4, 0.5) is 0 Å². The third-order valence-electron chi connectivity index (χ3n) is 2.62. The van der Waals surface area contributed by atoms with Gasteiger partial charge in [0.25, 0.3) is 0 Å². The van der Waals surface area contributed by atoms with Crippen molar-refractivity contribution in [1.29, 1.82) is 0 Å². The molecule has 1 fully saturated rings. The lowest BCUT2D eigenvalue weighted by molar-refractivity contribution is -0.124. The Labute approximate surface area is 89.1 Å². The van der Waals surface area contributed by atoms with E-state index in [1.54, 1.807) is 6.20 Å². The van der Waals surface area contributed by atoms with Gasteiger partial charge in [-0.05, 0) is 31.5 Å². The number of aryl methyl sites for hydroxylation is 1. The van der Waals surface area contributed by atoms with E-state index in [0.717, 1.165) is 5.69 Å². The summed E-state index contributed by atoms with van der Waals surface area (Å²) in [6.45, 7) is 4.51. The Morgan fingerprint density at radius 2 is 2.33 bits per heavy atom. The number of carbonyl (C=O) groups excluding carboxylic acids is 1. The van der Waals surface area contributed by atoms with Gasteiger partial charge >= 0.3 is 0 Å². The Morgan fingerprint density at radius 1 is 1.53 bits per heavy atom. The maximum absolute atomic E-state index is 11.2. The number of hydrogen-bond acceptors (Lipinski definition) is 3. The average Bonchev–Trinajstić information content (AvgIpc) is 2.22. The molecular weight excluding hydrogens is 190 g/mol. The second-order valence-corrected chi connectivity index (χ2v) is 3.94. The zero-order chi connectivity index (χ0) is 10.8. The van der Waals surface area contributed by atoms with E-state index in [9.17, 15) is 4.79 Å². The predicted octanol–water partition coefficient (Wildman–Crippen LogP) is 0.539. The van der Waals surface area contributed by atoms with Crippen LogP contribution in [0.1, 0.15) is 24.2 Å². The van der Waals surface area contributed by atoms with Crippen molar-refractivity contribution in [2.45, 2.75) is 25.9 Å². The van der Waals surface area contributed by atoms with Crippen LogP contribution < -0.4 is 10.6 Å². The Bertz CT molecular complexity index is 378. The van der Waals surface area contributed by atoms with Gasteiger partial charge in [-0.25, -0.2) is 0 Å². The summed E-state index contributed by atoms with van der Waals surface area (Å²) in [5.41, 5.74) is 2.17. The van der Waals surface area contributed by atoms with Crippen LogP contribution in [0.25, 0.3) is 0 Å². The first-order valence-electron chi connectivity index (χ1n) is 5.13. The number of hydrogen-bond donors (Lipinski definition) is 2. The molecule has 1 aromatic rings. The van der Waals surface area contributed by atoms with Crippen LogP contribution in [-0.4, -0.2) is 23.5 Å². The van der Waals surface area contributed by atoms with Gasteiger partial charge in [0.05, 0.1) is 17.8 Å². The lowest BCUT2D eigenvalue weighted by atomic mass is 10.1. The topological polar surface area (TPSA) is 54.0 Å². The van der Waals surface area contributed by atoms with Crippen molar-refractivity contribution in [3.63, 3.8) is 0 Å². The van der Waals surface area contributed by atoms with Crippen LogP contribution in [0.2, 0.25) is 0 Å². The zero-order valence-corrected chi connectivity index (χ0v) is 8.95. The lowest BCUT2D eigenvalue weighted by Crippen LogP contribution is -2.53. The Hall–Kier alpha value is -1.42. The summed E-state index contributed by atoms with van der Waals surface area (Å²) < 4.78 is 0. The molecule has 1 amide bonds. The van der Waals surface area contributed by atoms with Crippen molar-refractivity contribution >= 4 is 5.91 Å². The van der Waals surface area contributed by atoms with Gasteiger partial charge in [-0.1, -0.05) is 0 Å². The summed E-state index contributed by atoms with van der Waals surface area (Å²) in [7, 11) is 0. The molecule has 4 nitrogen and oxygen atoms in total. The molecule has 1 aromatic heterocycles. The quantitative estimate of drug-likeness (QED) is 0.703. The van der Waals surface area contributed by atoms with E-state index in [1.807, 2.05) is 26.0 Å². The minimum Gasteiger partial charge on any atom is -0.353 e. The van der Waals surface area contributed by atoms with Crippen LogP contribution in [0.3, 0.4) is 0 Å². The number of carbonyl (C=O) groups is 1. The van der Waals surface area contributed by atoms with Crippen LogP contribution in [0.5, 0.6) is 0 Å². The summed E-state index contributed by atoms with van der Waals surface area (Å²) in [5, 5.41) is 6.09. The summed E-state index contributed by atoms with van der Waals surface area (Å²) in [4.78, 5) is 15.6. The fraction of sp³-hybridized carbons (Fsp3) is 0.455. The molecule has 2 atom stereocenters. The number of amides is 1. The summed E-state index contributed by atoms with van der Waals surface area (Å²) in [5.74, 6) is 0.0545. The number of pyridine rings is 1. The minimum absolute atomic E-state index is 0.0545. The predicted molar refractivity (Wildman–Crippen MR) is 57.3 cm³/mol. The normalized spacial score (nSPS) is 26.1. The van der Waals surface area contributed by atoms with Gasteiger partial charge in [0.2, 0.25) is 5.91 Å². The van der Waals surface area contributed by atoms with Gasteiger partial charge in [0, 0.05) is 12.7 Å². The first-order chi connectivity index (χ1) is 7.16. The summed E-state index contributed by atoms with van der Waals surface area (Å²) in [6, 6.07) is 3.99. The SMILES string of the molecule is Cc1ccnc(C2CNC(=O)C(C)N2)c1. The van der Waals surface area contributed by atoms with E-state index in [4.69, 9.17) is 0 Å². The van der Waals surface area contributed by atoms with Crippen molar-refractivity contribution in [2.75, 3.05) is 6.54 Å². The number of nitrogens with zero attached hydrogens (tertiary/aromatic N) is 1. The highest BCUT2D eigenvalue weighted by molar-refractivity contribution is 5.82. The first kappa shape index (κ1) is 10.1. The third kappa shape index (κ3) is 2.15. The Kier molecular flexibility index (Phi) is 2.68. The van der Waals surface area contributed by atoms with Crippen molar-refractivity contribution in [3.05, 3.63) is 29.6 Å². The van der Waals surface area contributed by atoms with E-state index in [0.29, 0.717) is 6.54 Å². The number of rotatable bonds is 1. The number of nitrogens with one attached hydrogen (secondary N) is 2. The molecule has 0 aromatic carbocycles. The molecule has 1 aliphatic rings. The van der Waals surface area contributed by atoms with Gasteiger partial charge in [-0.2, -0.15) is 0 Å². The molecule has 4 heteroatoms. The van der Waals surface area contributed by atoms with Crippen molar-refractivity contribution in [2.24, 2.45) is 0 Å². The second kappa shape index (κ2) is 3.98. The fourth-order valence-corrected chi connectivity index (χ4v) is 1.73. The van der Waals surface area contributed by atoms with Crippen LogP contribution in [0, 0.1) is 6.92 Å². The minimum atomic E-state index is -0.147. The lowest BCUT2D eigenvalue weighted by Gasteiger charge is -2.28. The molecule has 0 saturated carbocycles. The molecule has 0 bridgehead atoms. The van der Waals surface area contributed by atoms with E-state index in [1.165, 1.54) is 5.56 Å². The van der Waals surface area contributed by atoms with Gasteiger partial charge in [-0.15, -0.1) is 0 Å². The molecule has 1 saturated heterocycles. The summed E-state index contributed by atoms with van der Waals surface area (Å²) in [6.07, 6.45) is 1.80. The second-order valence-electron chi connectivity index (χ2n) is 3.94. The van der Waals surface area contributed by atoms with Crippen molar-refractivity contribution < 1.29 is 4.79 Å². The molecule has 0 aliphatic carbocycles. The number of aromatic nitrogens is 1. The first-order valence-corrected chi connectivity index (χ1v) is 5.13. The third-order valence-corrected chi connectivity index (χ3v) is 2.62. The molecule has 15 heavy (non-hydrogen) atoms. The largest absolute Gasteiger partial charge is 0.353 e. The van der Waals surface area contributed by atoms with Crippen LogP contribution in [-0.2, 0) is 4.79 Å². The van der Waals surface area contributed by atoms with Crippen LogP contribution in [0.15, 0.2) is 18.3 Å². The van der Waals surface area contributed by atoms with Gasteiger partial charge < -0.3 is 5.32 Å². The maximum atomic E-state index is 11.2. The highest BCUT2D eigenvalue weighted by atomic mass is 16.2. The molecule has 80 valence electrons. The van der Waals surface area contributed by atoms with Gasteiger partial charge in [0.15, 0.2) is 0 Å². The molecule has 0 radical (unpaired) electrons. The molecule has 0 spiro atoms. The smallest absolute Gasteiger partial charge is 0.236 e. The van der Waals surface area contributed by atoms with Crippen molar-refractivity contribution in [3.8, 4) is 0 Å². The van der Waals surface area contributed by atoms with Gasteiger partial charge in [-0.3, -0.25) is 15.1 Å². The highest BCUT2D eigenvalue weighted by Gasteiger charge is 2.25. The molecule has 2 unspecified atom stereocenters. The van der Waals surface area contributed by atoms with E-state index in [2.05, 4.69) is 15.6 Å². The maximum Gasteiger partial charge on any atom is 0.236 e. The summed E-state index contributed by atoms with van der Waals surface area (Å²) >= 11 is 0. The highest BCUT2D eigenvalue weighted by Crippen LogP contribution is 2.14. The van der Waals surface area contributed by atoms with Gasteiger partial charge in [0.1, 0.15) is 0 Å². The Morgan fingerprint density at radius 3 is 3.00 bits per heavy atom. The van der Waals surface area contributed by atoms with Crippen LogP contribution >= 0.6 is 0 Å². The van der Waals surface area contributed by atoms with Crippen molar-refractivity contribution in [1.82, 2.24) is 15.6 Å². The molecular formula is C11H15N3O. The monoisotopic (exact) mass is 205 g/mol. The fourth-order valence-electron chi connectivity index (χ4n) is 1.73. The van der Waals surface area contributed by atoms with E-state index in [-0.39, 0.29) is 18.0 Å². The average molecular weight is 205 g/mol. The standard InChI is InChI=1S/C11H15N3O/c1-7-3-4-12-9(5-7)10-6-13-11(15)8(2)14-10/h3-5,8,10,14H,6H2,1-2H3,(H,13,15). The van der Waals surface area contributed by atoms with E-state index < -0.39 is 0 Å². The molecule has 2 heterocycles. The van der Waals surface area contributed by atoms with E-state index >= 15 is 0 Å². The molecule has 2 N–H and O–H groups in total. The molecule has 1 aliphatic heterocycles.